The van der Waals surface area contributed by atoms with Crippen LogP contribution >= 0.6 is 11.8 Å². The SMILES string of the molecule is Cc1ccc(-c2cnc([C@@H]3CSC(CCC(=O)NC4CC4)N3C(=O)C(c3ccccc3)N(C)C)[nH]2)cc1. The van der Waals surface area contributed by atoms with E-state index in [0.29, 0.717) is 18.9 Å². The molecular weight excluding hydrogens is 482 g/mol. The predicted molar refractivity (Wildman–Crippen MR) is 148 cm³/mol. The zero-order valence-corrected chi connectivity index (χ0v) is 22.5. The number of hydrogen-bond acceptors (Lipinski definition) is 5. The molecule has 1 saturated heterocycles. The number of aromatic nitrogens is 2. The van der Waals surface area contributed by atoms with Crippen LogP contribution in [0.25, 0.3) is 11.3 Å². The van der Waals surface area contributed by atoms with Crippen LogP contribution in [0.4, 0.5) is 0 Å². The average Bonchev–Trinajstić information content (AvgIpc) is 3.38. The number of hydrogen-bond donors (Lipinski definition) is 2. The van der Waals surface area contributed by atoms with E-state index in [2.05, 4.69) is 41.5 Å². The van der Waals surface area contributed by atoms with E-state index in [1.54, 1.807) is 11.8 Å². The van der Waals surface area contributed by atoms with E-state index in [0.717, 1.165) is 41.2 Å². The number of thioether (sulfide) groups is 1. The van der Waals surface area contributed by atoms with E-state index in [4.69, 9.17) is 4.98 Å². The van der Waals surface area contributed by atoms with Crippen molar-refractivity contribution in [2.24, 2.45) is 0 Å². The summed E-state index contributed by atoms with van der Waals surface area (Å²) in [4.78, 5) is 38.9. The number of rotatable bonds is 9. The number of carbonyl (C=O) groups excluding carboxylic acids is 2. The van der Waals surface area contributed by atoms with Gasteiger partial charge < -0.3 is 15.2 Å². The van der Waals surface area contributed by atoms with Crippen molar-refractivity contribution in [1.82, 2.24) is 25.1 Å². The Morgan fingerprint density at radius 1 is 1.14 bits per heavy atom. The highest BCUT2D eigenvalue weighted by Crippen LogP contribution is 2.42. The third-order valence-electron chi connectivity index (χ3n) is 7.05. The minimum Gasteiger partial charge on any atom is -0.353 e. The van der Waals surface area contributed by atoms with Gasteiger partial charge in [0.25, 0.3) is 0 Å². The van der Waals surface area contributed by atoms with E-state index >= 15 is 0 Å². The van der Waals surface area contributed by atoms with Gasteiger partial charge in [-0.2, -0.15) is 0 Å². The summed E-state index contributed by atoms with van der Waals surface area (Å²) in [6.45, 7) is 2.07. The van der Waals surface area contributed by atoms with Crippen LogP contribution in [0.15, 0.2) is 60.8 Å². The van der Waals surface area contributed by atoms with Gasteiger partial charge in [-0.05, 0) is 51.4 Å². The van der Waals surface area contributed by atoms with Crippen LogP contribution in [0, 0.1) is 6.92 Å². The van der Waals surface area contributed by atoms with Gasteiger partial charge >= 0.3 is 0 Å². The number of carbonyl (C=O) groups is 2. The first kappa shape index (κ1) is 25.5. The maximum atomic E-state index is 14.3. The standard InChI is InChI=1S/C29H35N5O2S/c1-19-9-11-20(12-10-19)23-17-30-28(32-23)24-18-37-26(16-15-25(35)31-22-13-14-22)34(24)29(36)27(33(2)3)21-7-5-4-6-8-21/h4-12,17,22,24,26-27H,13-16,18H2,1-3H3,(H,30,32)(H,31,35)/t24-,26?,27?/m0/s1. The molecule has 1 aliphatic carbocycles. The lowest BCUT2D eigenvalue weighted by molar-refractivity contribution is -0.139. The van der Waals surface area contributed by atoms with E-state index in [1.165, 1.54) is 5.56 Å². The first-order chi connectivity index (χ1) is 17.9. The molecule has 7 nitrogen and oxygen atoms in total. The lowest BCUT2D eigenvalue weighted by Crippen LogP contribution is -2.44. The zero-order valence-electron chi connectivity index (χ0n) is 21.7. The summed E-state index contributed by atoms with van der Waals surface area (Å²) in [5.74, 6) is 1.63. The third kappa shape index (κ3) is 5.91. The summed E-state index contributed by atoms with van der Waals surface area (Å²) < 4.78 is 0. The molecule has 2 aliphatic rings. The fourth-order valence-corrected chi connectivity index (χ4v) is 6.32. The smallest absolute Gasteiger partial charge is 0.246 e. The van der Waals surface area contributed by atoms with Crippen molar-refractivity contribution in [2.75, 3.05) is 19.8 Å². The van der Waals surface area contributed by atoms with Crippen molar-refractivity contribution < 1.29 is 9.59 Å². The van der Waals surface area contributed by atoms with Crippen LogP contribution in [0.5, 0.6) is 0 Å². The van der Waals surface area contributed by atoms with Crippen molar-refractivity contribution in [1.29, 1.82) is 0 Å². The fraction of sp³-hybridized carbons (Fsp3) is 0.414. The van der Waals surface area contributed by atoms with E-state index in [1.807, 2.05) is 60.4 Å². The summed E-state index contributed by atoms with van der Waals surface area (Å²) in [5.41, 5.74) is 4.17. The first-order valence-electron chi connectivity index (χ1n) is 13.0. The summed E-state index contributed by atoms with van der Waals surface area (Å²) in [7, 11) is 3.88. The van der Waals surface area contributed by atoms with Crippen LogP contribution in [0.2, 0.25) is 0 Å². The number of aromatic amines is 1. The number of likely N-dealkylation sites (N-methyl/N-ethyl adjacent to an activating group) is 1. The van der Waals surface area contributed by atoms with E-state index < -0.39 is 6.04 Å². The van der Waals surface area contributed by atoms with Crippen molar-refractivity contribution in [3.05, 3.63) is 77.7 Å². The molecule has 2 aromatic carbocycles. The monoisotopic (exact) mass is 517 g/mol. The number of nitrogens with one attached hydrogen (secondary N) is 2. The second-order valence-corrected chi connectivity index (χ2v) is 11.5. The Morgan fingerprint density at radius 3 is 2.54 bits per heavy atom. The van der Waals surface area contributed by atoms with E-state index in [9.17, 15) is 9.59 Å². The number of H-pyrrole nitrogens is 1. The summed E-state index contributed by atoms with van der Waals surface area (Å²) >= 11 is 1.74. The van der Waals surface area contributed by atoms with Gasteiger partial charge in [0, 0.05) is 18.2 Å². The lowest BCUT2D eigenvalue weighted by Gasteiger charge is -2.34. The molecule has 5 rings (SSSR count). The Labute approximate surface area is 223 Å². The second-order valence-electron chi connectivity index (χ2n) is 10.3. The topological polar surface area (TPSA) is 81.3 Å². The van der Waals surface area contributed by atoms with Crippen LogP contribution in [-0.4, -0.2) is 62.8 Å². The molecule has 3 atom stereocenters. The number of amides is 2. The summed E-state index contributed by atoms with van der Waals surface area (Å²) in [6.07, 6.45) is 5.02. The van der Waals surface area contributed by atoms with Gasteiger partial charge in [0.15, 0.2) is 0 Å². The summed E-state index contributed by atoms with van der Waals surface area (Å²) in [5, 5.41) is 2.98. The lowest BCUT2D eigenvalue weighted by atomic mass is 10.0. The highest BCUT2D eigenvalue weighted by molar-refractivity contribution is 8.00. The molecule has 37 heavy (non-hydrogen) atoms. The highest BCUT2D eigenvalue weighted by atomic mass is 32.2. The van der Waals surface area contributed by atoms with Crippen LogP contribution in [0.1, 0.15) is 54.7 Å². The molecule has 2 amide bonds. The predicted octanol–water partition coefficient (Wildman–Crippen LogP) is 4.69. The van der Waals surface area contributed by atoms with Gasteiger partial charge in [0.1, 0.15) is 11.9 Å². The number of nitrogens with zero attached hydrogens (tertiary/aromatic N) is 3. The summed E-state index contributed by atoms with van der Waals surface area (Å²) in [6, 6.07) is 18.0. The maximum absolute atomic E-state index is 14.3. The molecule has 1 aliphatic heterocycles. The second kappa shape index (κ2) is 11.1. The largest absolute Gasteiger partial charge is 0.353 e. The molecule has 1 aromatic heterocycles. The van der Waals surface area contributed by atoms with E-state index in [-0.39, 0.29) is 23.2 Å². The highest BCUT2D eigenvalue weighted by Gasteiger charge is 2.43. The molecule has 2 fully saturated rings. The number of imidazole rings is 1. The van der Waals surface area contributed by atoms with Gasteiger partial charge in [-0.25, -0.2) is 4.98 Å². The van der Waals surface area contributed by atoms with Gasteiger partial charge in [-0.3, -0.25) is 14.5 Å². The van der Waals surface area contributed by atoms with Gasteiger partial charge in [-0.15, -0.1) is 11.8 Å². The Morgan fingerprint density at radius 2 is 1.86 bits per heavy atom. The van der Waals surface area contributed by atoms with Gasteiger partial charge in [-0.1, -0.05) is 60.2 Å². The van der Waals surface area contributed by atoms with Crippen molar-refractivity contribution in [3.63, 3.8) is 0 Å². The Balaban J connectivity index is 1.42. The molecule has 8 heteroatoms. The molecule has 0 radical (unpaired) electrons. The maximum Gasteiger partial charge on any atom is 0.246 e. The van der Waals surface area contributed by atoms with Crippen LogP contribution in [0.3, 0.4) is 0 Å². The van der Waals surface area contributed by atoms with Gasteiger partial charge in [0.05, 0.1) is 23.3 Å². The Bertz CT molecular complexity index is 1220. The molecule has 194 valence electrons. The Hall–Kier alpha value is -3.10. The van der Waals surface area contributed by atoms with Crippen molar-refractivity contribution in [2.45, 2.75) is 56.1 Å². The molecular formula is C29H35N5O2S. The minimum absolute atomic E-state index is 0.0343. The molecule has 0 spiro atoms. The minimum atomic E-state index is -0.420. The average molecular weight is 518 g/mol. The quantitative estimate of drug-likeness (QED) is 0.430. The molecule has 1 saturated carbocycles. The first-order valence-corrected chi connectivity index (χ1v) is 14.0. The Kier molecular flexibility index (Phi) is 7.67. The molecule has 2 unspecified atom stereocenters. The van der Waals surface area contributed by atoms with Crippen LogP contribution in [-0.2, 0) is 9.59 Å². The zero-order chi connectivity index (χ0) is 25.9. The molecule has 2 heterocycles. The van der Waals surface area contributed by atoms with Crippen molar-refractivity contribution in [3.8, 4) is 11.3 Å². The van der Waals surface area contributed by atoms with Gasteiger partial charge in [0.2, 0.25) is 11.8 Å². The molecule has 2 N–H and O–H groups in total. The molecule has 3 aromatic rings. The number of aryl methyl sites for hydroxylation is 1. The fourth-order valence-electron chi connectivity index (χ4n) is 4.90. The third-order valence-corrected chi connectivity index (χ3v) is 8.40. The normalized spacial score (nSPS) is 20.3. The van der Waals surface area contributed by atoms with Crippen LogP contribution < -0.4 is 5.32 Å². The number of benzene rings is 2. The molecule has 0 bridgehead atoms. The van der Waals surface area contributed by atoms with Crippen molar-refractivity contribution >= 4 is 23.6 Å².